The van der Waals surface area contributed by atoms with Gasteiger partial charge in [0.1, 0.15) is 12.2 Å². The fraction of sp³-hybridized carbons (Fsp3) is 0.385. The van der Waals surface area contributed by atoms with E-state index in [1.807, 2.05) is 4.68 Å². The second-order valence-corrected chi connectivity index (χ2v) is 5.62. The van der Waals surface area contributed by atoms with E-state index in [2.05, 4.69) is 69.3 Å². The monoisotopic (exact) mass is 371 g/mol. The number of aryl methyl sites for hydroxylation is 1. The van der Waals surface area contributed by atoms with Gasteiger partial charge in [0.25, 0.3) is 0 Å². The van der Waals surface area contributed by atoms with Crippen molar-refractivity contribution in [2.24, 2.45) is 5.84 Å². The summed E-state index contributed by atoms with van der Waals surface area (Å²) in [5.74, 6) is 6.64. The first-order valence-corrected chi connectivity index (χ1v) is 7.40. The number of benzene rings is 1. The summed E-state index contributed by atoms with van der Waals surface area (Å²) >= 11 is 2.29. The molecular weight excluding hydrogens is 353 g/mol. The number of rotatable bonds is 6. The van der Waals surface area contributed by atoms with Crippen LogP contribution in [0.4, 0.5) is 0 Å². The van der Waals surface area contributed by atoms with Crippen LogP contribution < -0.4 is 11.3 Å². The maximum atomic E-state index is 5.67. The molecule has 6 heteroatoms. The molecule has 0 spiro atoms. The predicted molar refractivity (Wildman–Crippen MR) is 83.2 cm³/mol. The van der Waals surface area contributed by atoms with Gasteiger partial charge in [-0.05, 0) is 46.7 Å². The molecule has 0 amide bonds. The summed E-state index contributed by atoms with van der Waals surface area (Å²) < 4.78 is 3.16. The molecule has 2 rings (SSSR count). The van der Waals surface area contributed by atoms with Crippen molar-refractivity contribution in [2.45, 2.75) is 32.4 Å². The topological polar surface area (TPSA) is 68.8 Å². The van der Waals surface area contributed by atoms with Crippen molar-refractivity contribution >= 4 is 22.6 Å². The normalized spacial score (nSPS) is 12.6. The summed E-state index contributed by atoms with van der Waals surface area (Å²) in [7, 11) is 0. The largest absolute Gasteiger partial charge is 0.271 e. The average molecular weight is 371 g/mol. The molecule has 19 heavy (non-hydrogen) atoms. The summed E-state index contributed by atoms with van der Waals surface area (Å²) in [5, 5.41) is 4.24. The Morgan fingerprint density at radius 1 is 1.37 bits per heavy atom. The van der Waals surface area contributed by atoms with E-state index in [9.17, 15) is 0 Å². The SMILES string of the molecule is CCCn1ncnc1CC(NN)c1ccc(I)cc1. The Hall–Kier alpha value is -0.990. The first kappa shape index (κ1) is 14.4. The second kappa shape index (κ2) is 6.97. The van der Waals surface area contributed by atoms with Crippen LogP contribution in [0.1, 0.15) is 30.8 Å². The van der Waals surface area contributed by atoms with Gasteiger partial charge in [0.05, 0.1) is 6.04 Å². The molecule has 0 saturated carbocycles. The molecule has 3 N–H and O–H groups in total. The third-order valence-corrected chi connectivity index (χ3v) is 3.71. The molecule has 0 aliphatic carbocycles. The lowest BCUT2D eigenvalue weighted by Gasteiger charge is -2.16. The van der Waals surface area contributed by atoms with Crippen molar-refractivity contribution in [1.82, 2.24) is 20.2 Å². The van der Waals surface area contributed by atoms with Crippen LogP contribution in [0.25, 0.3) is 0 Å². The van der Waals surface area contributed by atoms with Crippen molar-refractivity contribution in [2.75, 3.05) is 0 Å². The number of nitrogens with one attached hydrogen (secondary N) is 1. The Morgan fingerprint density at radius 3 is 2.74 bits per heavy atom. The van der Waals surface area contributed by atoms with Crippen LogP contribution in [0.15, 0.2) is 30.6 Å². The Kier molecular flexibility index (Phi) is 5.29. The maximum Gasteiger partial charge on any atom is 0.138 e. The number of hydrazine groups is 1. The Labute approximate surface area is 126 Å². The molecule has 0 radical (unpaired) electrons. The van der Waals surface area contributed by atoms with Gasteiger partial charge < -0.3 is 0 Å². The van der Waals surface area contributed by atoms with Crippen molar-refractivity contribution < 1.29 is 0 Å². The zero-order valence-corrected chi connectivity index (χ0v) is 13.0. The molecule has 1 unspecified atom stereocenters. The van der Waals surface area contributed by atoms with E-state index in [1.165, 1.54) is 3.57 Å². The van der Waals surface area contributed by atoms with Gasteiger partial charge in [0.15, 0.2) is 0 Å². The quantitative estimate of drug-likeness (QED) is 0.463. The molecule has 2 aromatic rings. The van der Waals surface area contributed by atoms with Crippen molar-refractivity contribution in [3.8, 4) is 0 Å². The molecule has 102 valence electrons. The van der Waals surface area contributed by atoms with E-state index in [0.29, 0.717) is 0 Å². The number of nitrogens with two attached hydrogens (primary N) is 1. The van der Waals surface area contributed by atoms with Crippen LogP contribution in [0, 0.1) is 3.57 Å². The van der Waals surface area contributed by atoms with Gasteiger partial charge >= 0.3 is 0 Å². The summed E-state index contributed by atoms with van der Waals surface area (Å²) in [4.78, 5) is 4.32. The molecule has 0 aliphatic heterocycles. The number of hydrogen-bond acceptors (Lipinski definition) is 4. The fourth-order valence-electron chi connectivity index (χ4n) is 2.00. The van der Waals surface area contributed by atoms with Crippen LogP contribution in [-0.4, -0.2) is 14.8 Å². The molecule has 1 aromatic carbocycles. The Bertz CT molecular complexity index is 508. The van der Waals surface area contributed by atoms with Crippen molar-refractivity contribution in [3.05, 3.63) is 45.6 Å². The third-order valence-electron chi connectivity index (χ3n) is 2.99. The van der Waals surface area contributed by atoms with E-state index >= 15 is 0 Å². The highest BCUT2D eigenvalue weighted by molar-refractivity contribution is 14.1. The highest BCUT2D eigenvalue weighted by Crippen LogP contribution is 2.18. The van der Waals surface area contributed by atoms with Crippen molar-refractivity contribution in [1.29, 1.82) is 0 Å². The summed E-state index contributed by atoms with van der Waals surface area (Å²) in [6.07, 6.45) is 3.38. The van der Waals surface area contributed by atoms with Crippen molar-refractivity contribution in [3.63, 3.8) is 0 Å². The minimum atomic E-state index is 0.0526. The van der Waals surface area contributed by atoms with E-state index in [1.54, 1.807) is 6.33 Å². The minimum absolute atomic E-state index is 0.0526. The Morgan fingerprint density at radius 2 is 2.11 bits per heavy atom. The highest BCUT2D eigenvalue weighted by atomic mass is 127. The molecule has 5 nitrogen and oxygen atoms in total. The number of halogens is 1. The molecule has 0 aliphatic rings. The van der Waals surface area contributed by atoms with Crippen LogP contribution in [0.5, 0.6) is 0 Å². The zero-order valence-electron chi connectivity index (χ0n) is 10.9. The molecule has 0 saturated heterocycles. The van der Waals surface area contributed by atoms with Gasteiger partial charge in [0.2, 0.25) is 0 Å². The molecule has 1 heterocycles. The van der Waals surface area contributed by atoms with E-state index in [0.717, 1.165) is 30.8 Å². The minimum Gasteiger partial charge on any atom is -0.271 e. The van der Waals surface area contributed by atoms with Crippen LogP contribution in [0.3, 0.4) is 0 Å². The molecule has 1 aromatic heterocycles. The lowest BCUT2D eigenvalue weighted by molar-refractivity contribution is 0.499. The Balaban J connectivity index is 2.14. The first-order chi connectivity index (χ1) is 9.24. The van der Waals surface area contributed by atoms with Gasteiger partial charge in [-0.3, -0.25) is 16.0 Å². The van der Waals surface area contributed by atoms with Crippen LogP contribution in [0.2, 0.25) is 0 Å². The zero-order chi connectivity index (χ0) is 13.7. The lowest BCUT2D eigenvalue weighted by Crippen LogP contribution is -2.30. The third kappa shape index (κ3) is 3.74. The van der Waals surface area contributed by atoms with E-state index in [-0.39, 0.29) is 6.04 Å². The van der Waals surface area contributed by atoms with Gasteiger partial charge in [0, 0.05) is 16.5 Å². The smallest absolute Gasteiger partial charge is 0.138 e. The summed E-state index contributed by atoms with van der Waals surface area (Å²) in [5.41, 5.74) is 4.02. The second-order valence-electron chi connectivity index (χ2n) is 4.37. The van der Waals surface area contributed by atoms with Crippen LogP contribution >= 0.6 is 22.6 Å². The molecule has 1 atom stereocenters. The fourth-order valence-corrected chi connectivity index (χ4v) is 2.36. The van der Waals surface area contributed by atoms with E-state index < -0.39 is 0 Å². The number of nitrogens with zero attached hydrogens (tertiary/aromatic N) is 3. The highest BCUT2D eigenvalue weighted by Gasteiger charge is 2.14. The standard InChI is InChI=1S/C13H18IN5/c1-2-7-19-13(16-9-17-19)8-12(18-15)10-3-5-11(14)6-4-10/h3-6,9,12,18H,2,7-8,15H2,1H3. The van der Waals surface area contributed by atoms with E-state index in [4.69, 9.17) is 5.84 Å². The number of hydrogen-bond donors (Lipinski definition) is 2. The number of aromatic nitrogens is 3. The molecule has 0 bridgehead atoms. The van der Waals surface area contributed by atoms with Gasteiger partial charge in [-0.1, -0.05) is 19.1 Å². The first-order valence-electron chi connectivity index (χ1n) is 6.33. The maximum absolute atomic E-state index is 5.67. The van der Waals surface area contributed by atoms with Gasteiger partial charge in [-0.25, -0.2) is 4.98 Å². The lowest BCUT2D eigenvalue weighted by atomic mass is 10.0. The predicted octanol–water partition coefficient (Wildman–Crippen LogP) is 2.04. The summed E-state index contributed by atoms with van der Waals surface area (Å²) in [6.45, 7) is 3.02. The molecular formula is C13H18IN5. The molecule has 0 fully saturated rings. The summed E-state index contributed by atoms with van der Waals surface area (Å²) in [6, 6.07) is 8.39. The average Bonchev–Trinajstić information content (AvgIpc) is 2.85. The van der Waals surface area contributed by atoms with Gasteiger partial charge in [-0.15, -0.1) is 0 Å². The van der Waals surface area contributed by atoms with Gasteiger partial charge in [-0.2, -0.15) is 5.10 Å². The van der Waals surface area contributed by atoms with Crippen LogP contribution in [-0.2, 0) is 13.0 Å².